The predicted octanol–water partition coefficient (Wildman–Crippen LogP) is 3.04. The second kappa shape index (κ2) is 8.24. The van der Waals surface area contributed by atoms with Gasteiger partial charge in [-0.3, -0.25) is 14.2 Å². The van der Waals surface area contributed by atoms with Crippen molar-refractivity contribution in [2.75, 3.05) is 0 Å². The zero-order chi connectivity index (χ0) is 21.1. The highest BCUT2D eigenvalue weighted by atomic mass is 19.1. The molecule has 7 nitrogen and oxygen atoms in total. The maximum absolute atomic E-state index is 13.8. The summed E-state index contributed by atoms with van der Waals surface area (Å²) in [4.78, 5) is 28.8. The molecular weight excluding hydrogens is 394 g/mol. The number of aryl methyl sites for hydroxylation is 1. The van der Waals surface area contributed by atoms with Crippen LogP contribution < -0.4 is 10.9 Å². The first-order chi connectivity index (χ1) is 14.5. The lowest BCUT2D eigenvalue weighted by Crippen LogP contribution is -2.27. The van der Waals surface area contributed by atoms with Crippen molar-refractivity contribution in [2.45, 2.75) is 19.5 Å². The van der Waals surface area contributed by atoms with Crippen molar-refractivity contribution in [3.8, 4) is 11.3 Å². The van der Waals surface area contributed by atoms with E-state index >= 15 is 0 Å². The number of amides is 1. The van der Waals surface area contributed by atoms with Crippen molar-refractivity contribution in [2.24, 2.45) is 0 Å². The molecule has 2 aromatic heterocycles. The first-order valence-corrected chi connectivity index (χ1v) is 9.13. The van der Waals surface area contributed by atoms with Crippen LogP contribution in [0.5, 0.6) is 0 Å². The largest absolute Gasteiger partial charge is 0.356 e. The van der Waals surface area contributed by atoms with E-state index in [1.165, 1.54) is 23.0 Å². The highest BCUT2D eigenvalue weighted by Crippen LogP contribution is 2.24. The van der Waals surface area contributed by atoms with Crippen LogP contribution in [0.25, 0.3) is 22.2 Å². The van der Waals surface area contributed by atoms with E-state index in [2.05, 4.69) is 15.5 Å². The summed E-state index contributed by atoms with van der Waals surface area (Å²) in [7, 11) is 0. The van der Waals surface area contributed by atoms with Crippen molar-refractivity contribution >= 4 is 16.8 Å². The van der Waals surface area contributed by atoms with E-state index in [0.717, 1.165) is 12.1 Å². The minimum atomic E-state index is -0.767. The van der Waals surface area contributed by atoms with Crippen LogP contribution in [-0.4, -0.2) is 20.6 Å². The average molecular weight is 410 g/mol. The highest BCUT2D eigenvalue weighted by molar-refractivity contribution is 5.77. The van der Waals surface area contributed by atoms with Crippen molar-refractivity contribution in [3.05, 3.63) is 82.5 Å². The van der Waals surface area contributed by atoms with E-state index in [1.807, 2.05) is 0 Å². The third-order valence-electron chi connectivity index (χ3n) is 4.53. The number of carbonyl (C=O) groups excluding carboxylic acids is 1. The van der Waals surface area contributed by atoms with Gasteiger partial charge in [0.2, 0.25) is 5.91 Å². The van der Waals surface area contributed by atoms with Crippen LogP contribution in [0.4, 0.5) is 8.78 Å². The maximum atomic E-state index is 13.8. The van der Waals surface area contributed by atoms with Gasteiger partial charge in [0.15, 0.2) is 5.76 Å². The molecule has 2 heterocycles. The summed E-state index contributed by atoms with van der Waals surface area (Å²) in [6.07, 6.45) is 1.48. The third-order valence-corrected chi connectivity index (χ3v) is 4.53. The Kier molecular flexibility index (Phi) is 5.34. The van der Waals surface area contributed by atoms with Crippen LogP contribution >= 0.6 is 0 Å². The monoisotopic (exact) mass is 410 g/mol. The summed E-state index contributed by atoms with van der Waals surface area (Å²) >= 11 is 0. The second-order valence-electron chi connectivity index (χ2n) is 6.59. The Morgan fingerprint density at radius 1 is 1.13 bits per heavy atom. The van der Waals surface area contributed by atoms with E-state index in [9.17, 15) is 18.4 Å². The zero-order valence-corrected chi connectivity index (χ0v) is 15.6. The molecule has 0 saturated carbocycles. The molecule has 152 valence electrons. The zero-order valence-electron chi connectivity index (χ0n) is 15.6. The molecule has 1 N–H and O–H groups in total. The Balaban J connectivity index is 1.35. The Morgan fingerprint density at radius 3 is 2.80 bits per heavy atom. The normalized spacial score (nSPS) is 11.0. The molecule has 0 spiro atoms. The number of hydrogen-bond acceptors (Lipinski definition) is 5. The standard InChI is InChI=1S/C21H16F2N4O3/c22-13-5-6-15(17(23)9-13)19-10-14(26-30-19)11-24-20(28)7-8-27-12-25-18-4-2-1-3-16(18)21(27)29/h1-6,9-10,12H,7-8,11H2,(H,24,28). The molecule has 0 radical (unpaired) electrons. The van der Waals surface area contributed by atoms with Crippen LogP contribution in [0.2, 0.25) is 0 Å². The van der Waals surface area contributed by atoms with Gasteiger partial charge in [-0.2, -0.15) is 0 Å². The summed E-state index contributed by atoms with van der Waals surface area (Å²) in [5.74, 6) is -1.63. The lowest BCUT2D eigenvalue weighted by atomic mass is 10.1. The van der Waals surface area contributed by atoms with E-state index in [-0.39, 0.29) is 42.3 Å². The SMILES string of the molecule is O=C(CCn1cnc2ccccc2c1=O)NCc1cc(-c2ccc(F)cc2F)on1. The van der Waals surface area contributed by atoms with Crippen LogP contribution in [0, 0.1) is 11.6 Å². The molecule has 4 rings (SSSR count). The number of nitrogens with zero attached hydrogens (tertiary/aromatic N) is 3. The second-order valence-corrected chi connectivity index (χ2v) is 6.59. The third kappa shape index (κ3) is 4.09. The van der Waals surface area contributed by atoms with E-state index in [0.29, 0.717) is 16.6 Å². The lowest BCUT2D eigenvalue weighted by Gasteiger charge is -2.07. The molecule has 0 aliphatic heterocycles. The van der Waals surface area contributed by atoms with Crippen LogP contribution in [-0.2, 0) is 17.9 Å². The molecular formula is C21H16F2N4O3. The van der Waals surface area contributed by atoms with Crippen molar-refractivity contribution in [1.29, 1.82) is 0 Å². The first-order valence-electron chi connectivity index (χ1n) is 9.13. The van der Waals surface area contributed by atoms with Gasteiger partial charge >= 0.3 is 0 Å². The fraction of sp³-hybridized carbons (Fsp3) is 0.143. The Labute approximate surface area is 169 Å². The molecule has 4 aromatic rings. The van der Waals surface area contributed by atoms with Gasteiger partial charge in [0.25, 0.3) is 5.56 Å². The van der Waals surface area contributed by atoms with Gasteiger partial charge in [-0.15, -0.1) is 0 Å². The molecule has 1 amide bonds. The van der Waals surface area contributed by atoms with Crippen LogP contribution in [0.15, 0.2) is 64.2 Å². The fourth-order valence-corrected chi connectivity index (χ4v) is 2.98. The summed E-state index contributed by atoms with van der Waals surface area (Å²) in [5, 5.41) is 6.93. The number of benzene rings is 2. The molecule has 0 saturated heterocycles. The number of hydrogen-bond donors (Lipinski definition) is 1. The first kappa shape index (κ1) is 19.4. The summed E-state index contributed by atoms with van der Waals surface area (Å²) in [6, 6.07) is 11.6. The van der Waals surface area contributed by atoms with Crippen LogP contribution in [0.1, 0.15) is 12.1 Å². The van der Waals surface area contributed by atoms with Crippen molar-refractivity contribution in [3.63, 3.8) is 0 Å². The Hall–Kier alpha value is -3.88. The Morgan fingerprint density at radius 2 is 1.97 bits per heavy atom. The van der Waals surface area contributed by atoms with Gasteiger partial charge < -0.3 is 9.84 Å². The van der Waals surface area contributed by atoms with Gasteiger partial charge in [-0.1, -0.05) is 17.3 Å². The highest BCUT2D eigenvalue weighted by Gasteiger charge is 2.13. The molecule has 9 heteroatoms. The van der Waals surface area contributed by atoms with E-state index < -0.39 is 11.6 Å². The number of nitrogens with one attached hydrogen (secondary N) is 1. The van der Waals surface area contributed by atoms with Gasteiger partial charge in [0.1, 0.15) is 17.3 Å². The number of para-hydroxylation sites is 1. The molecule has 0 aliphatic carbocycles. The molecule has 0 atom stereocenters. The number of rotatable bonds is 6. The summed E-state index contributed by atoms with van der Waals surface area (Å²) in [5.41, 5.74) is 0.842. The van der Waals surface area contributed by atoms with Gasteiger partial charge in [-0.05, 0) is 24.3 Å². The number of carbonyl (C=O) groups is 1. The summed E-state index contributed by atoms with van der Waals surface area (Å²) < 4.78 is 33.3. The van der Waals surface area contributed by atoms with Gasteiger partial charge in [-0.25, -0.2) is 13.8 Å². The number of fused-ring (bicyclic) bond motifs is 1. The lowest BCUT2D eigenvalue weighted by molar-refractivity contribution is -0.121. The predicted molar refractivity (Wildman–Crippen MR) is 104 cm³/mol. The molecule has 0 fully saturated rings. The van der Waals surface area contributed by atoms with E-state index in [1.54, 1.807) is 24.3 Å². The average Bonchev–Trinajstić information content (AvgIpc) is 3.20. The number of halogens is 2. The van der Waals surface area contributed by atoms with Crippen LogP contribution in [0.3, 0.4) is 0 Å². The van der Waals surface area contributed by atoms with Crippen molar-refractivity contribution in [1.82, 2.24) is 20.0 Å². The number of aromatic nitrogens is 3. The topological polar surface area (TPSA) is 90.0 Å². The smallest absolute Gasteiger partial charge is 0.261 e. The maximum Gasteiger partial charge on any atom is 0.261 e. The minimum absolute atomic E-state index is 0.0655. The molecule has 0 bridgehead atoms. The Bertz CT molecular complexity index is 1280. The molecule has 30 heavy (non-hydrogen) atoms. The summed E-state index contributed by atoms with van der Waals surface area (Å²) in [6.45, 7) is 0.239. The molecule has 0 unspecified atom stereocenters. The fourth-order valence-electron chi connectivity index (χ4n) is 2.98. The quantitative estimate of drug-likeness (QED) is 0.528. The molecule has 0 aliphatic rings. The molecule has 2 aromatic carbocycles. The van der Waals surface area contributed by atoms with E-state index in [4.69, 9.17) is 4.52 Å². The van der Waals surface area contributed by atoms with Gasteiger partial charge in [0.05, 0.1) is 29.3 Å². The minimum Gasteiger partial charge on any atom is -0.356 e. The van der Waals surface area contributed by atoms with Gasteiger partial charge in [0, 0.05) is 25.1 Å². The van der Waals surface area contributed by atoms with Crippen molar-refractivity contribution < 1.29 is 18.1 Å².